The molecule has 26 heavy (non-hydrogen) atoms. The summed E-state index contributed by atoms with van der Waals surface area (Å²) in [5.41, 5.74) is 12.6. The van der Waals surface area contributed by atoms with Gasteiger partial charge in [-0.2, -0.15) is 0 Å². The Balaban J connectivity index is 2.20. The maximum atomic E-state index is 12.1. The van der Waals surface area contributed by atoms with Crippen molar-refractivity contribution < 1.29 is 9.90 Å². The van der Waals surface area contributed by atoms with E-state index in [1.165, 1.54) is 17.5 Å². The fourth-order valence-electron chi connectivity index (χ4n) is 4.16. The predicted molar refractivity (Wildman–Crippen MR) is 107 cm³/mol. The first-order valence-electron chi connectivity index (χ1n) is 9.19. The molecule has 138 valence electrons. The van der Waals surface area contributed by atoms with E-state index in [4.69, 9.17) is 5.73 Å². The van der Waals surface area contributed by atoms with E-state index in [1.54, 1.807) is 13.8 Å². The number of hydrogen-bond acceptors (Lipinski definition) is 3. The quantitative estimate of drug-likeness (QED) is 0.699. The summed E-state index contributed by atoms with van der Waals surface area (Å²) in [5, 5.41) is 13.0. The number of nitrogens with one attached hydrogen (secondary N) is 1. The lowest BCUT2D eigenvalue weighted by atomic mass is 9.69. The van der Waals surface area contributed by atoms with Crippen molar-refractivity contribution in [3.8, 4) is 0 Å². The van der Waals surface area contributed by atoms with Gasteiger partial charge in [0.2, 0.25) is 0 Å². The van der Waals surface area contributed by atoms with Crippen molar-refractivity contribution in [1.82, 2.24) is 0 Å². The van der Waals surface area contributed by atoms with E-state index in [1.807, 2.05) is 26.1 Å². The maximum Gasteiger partial charge on any atom is 0.310 e. The highest BCUT2D eigenvalue weighted by molar-refractivity contribution is 5.78. The number of fused-ring (bicyclic) bond motifs is 1. The molecule has 0 spiro atoms. The normalized spacial score (nSPS) is 14.8. The molecule has 0 bridgehead atoms. The van der Waals surface area contributed by atoms with Crippen LogP contribution in [0, 0.1) is 12.3 Å². The molecule has 0 radical (unpaired) electrons. The zero-order chi connectivity index (χ0) is 19.1. The molecule has 4 heteroatoms. The number of aliphatic carboxylic acids is 1. The van der Waals surface area contributed by atoms with E-state index in [0.717, 1.165) is 35.2 Å². The van der Waals surface area contributed by atoms with E-state index in [2.05, 4.69) is 23.5 Å². The van der Waals surface area contributed by atoms with Crippen molar-refractivity contribution in [1.29, 1.82) is 0 Å². The van der Waals surface area contributed by atoms with Gasteiger partial charge >= 0.3 is 5.97 Å². The number of benzene rings is 2. The van der Waals surface area contributed by atoms with Gasteiger partial charge in [-0.1, -0.05) is 24.3 Å². The molecule has 4 nitrogen and oxygen atoms in total. The molecule has 0 saturated carbocycles. The first-order valence-corrected chi connectivity index (χ1v) is 9.19. The molecule has 0 saturated heterocycles. The van der Waals surface area contributed by atoms with E-state index in [-0.39, 0.29) is 5.92 Å². The van der Waals surface area contributed by atoms with Crippen molar-refractivity contribution in [3.63, 3.8) is 0 Å². The summed E-state index contributed by atoms with van der Waals surface area (Å²) >= 11 is 0. The van der Waals surface area contributed by atoms with Crippen LogP contribution in [0.4, 0.5) is 11.4 Å². The molecular weight excluding hydrogens is 324 g/mol. The van der Waals surface area contributed by atoms with Crippen LogP contribution >= 0.6 is 0 Å². The van der Waals surface area contributed by atoms with Crippen LogP contribution < -0.4 is 11.1 Å². The van der Waals surface area contributed by atoms with Gasteiger partial charge in [0, 0.05) is 13.0 Å². The molecule has 1 atom stereocenters. The minimum absolute atomic E-state index is 0.265. The highest BCUT2D eigenvalue weighted by Gasteiger charge is 2.40. The highest BCUT2D eigenvalue weighted by atomic mass is 16.4. The number of carboxylic acid groups (broad SMARTS) is 1. The summed E-state index contributed by atoms with van der Waals surface area (Å²) in [6.07, 6.45) is 3.36. The van der Waals surface area contributed by atoms with Gasteiger partial charge in [0.15, 0.2) is 0 Å². The van der Waals surface area contributed by atoms with E-state index in [9.17, 15) is 9.90 Å². The average molecular weight is 352 g/mol. The molecule has 0 aliphatic heterocycles. The monoisotopic (exact) mass is 352 g/mol. The zero-order valence-corrected chi connectivity index (χ0v) is 16.0. The second-order valence-electron chi connectivity index (χ2n) is 7.83. The summed E-state index contributed by atoms with van der Waals surface area (Å²) in [6, 6.07) is 10.4. The van der Waals surface area contributed by atoms with Crippen LogP contribution in [0.25, 0.3) is 0 Å². The second kappa shape index (κ2) is 6.67. The Kier molecular flexibility index (Phi) is 4.70. The Morgan fingerprint density at radius 2 is 1.88 bits per heavy atom. The number of anilines is 2. The van der Waals surface area contributed by atoms with Crippen molar-refractivity contribution in [2.24, 2.45) is 5.41 Å². The Bertz CT molecular complexity index is 855. The number of carboxylic acids is 1. The number of aryl methyl sites for hydroxylation is 2. The third-order valence-corrected chi connectivity index (χ3v) is 5.87. The number of rotatable bonds is 5. The smallest absolute Gasteiger partial charge is 0.310 e. The first-order chi connectivity index (χ1) is 12.3. The van der Waals surface area contributed by atoms with Crippen LogP contribution in [0.5, 0.6) is 0 Å². The minimum Gasteiger partial charge on any atom is -0.481 e. The van der Waals surface area contributed by atoms with Crippen LogP contribution in [-0.4, -0.2) is 18.1 Å². The third-order valence-electron chi connectivity index (χ3n) is 5.87. The van der Waals surface area contributed by atoms with Gasteiger partial charge < -0.3 is 16.2 Å². The zero-order valence-electron chi connectivity index (χ0n) is 16.0. The highest BCUT2D eigenvalue weighted by Crippen LogP contribution is 2.45. The fourth-order valence-corrected chi connectivity index (χ4v) is 4.16. The molecule has 1 aliphatic rings. The summed E-state index contributed by atoms with van der Waals surface area (Å²) in [5.74, 6) is -1.07. The van der Waals surface area contributed by atoms with Crippen LogP contribution in [0.1, 0.15) is 54.0 Å². The van der Waals surface area contributed by atoms with E-state index < -0.39 is 11.4 Å². The Labute approximate surface area is 155 Å². The molecule has 1 aliphatic carbocycles. The van der Waals surface area contributed by atoms with Crippen molar-refractivity contribution >= 4 is 17.3 Å². The van der Waals surface area contributed by atoms with Gasteiger partial charge in [0.25, 0.3) is 0 Å². The van der Waals surface area contributed by atoms with Gasteiger partial charge in [0.05, 0.1) is 16.8 Å². The topological polar surface area (TPSA) is 75.3 Å². The summed E-state index contributed by atoms with van der Waals surface area (Å²) in [6.45, 7) is 5.58. The lowest BCUT2D eigenvalue weighted by Crippen LogP contribution is -2.32. The Morgan fingerprint density at radius 1 is 1.19 bits per heavy atom. The number of hydrogen-bond donors (Lipinski definition) is 3. The van der Waals surface area contributed by atoms with Gasteiger partial charge in [-0.05, 0) is 73.9 Å². The molecule has 2 aromatic rings. The van der Waals surface area contributed by atoms with Crippen LogP contribution in [0.3, 0.4) is 0 Å². The molecular formula is C22H28N2O2. The standard InChI is InChI=1S/C22H28N2O2/c1-13-17(10-11-18(24-4)20(13)23)19(22(2,3)21(25)26)16-9-8-14-6-5-7-15(14)12-16/h8-12,19,24H,5-7,23H2,1-4H3,(H,25,26). The summed E-state index contributed by atoms with van der Waals surface area (Å²) in [4.78, 5) is 12.1. The molecule has 1 unspecified atom stereocenters. The van der Waals surface area contributed by atoms with Crippen molar-refractivity contribution in [2.75, 3.05) is 18.1 Å². The van der Waals surface area contributed by atoms with E-state index >= 15 is 0 Å². The Hall–Kier alpha value is -2.49. The molecule has 0 heterocycles. The fraction of sp³-hybridized carbons (Fsp3) is 0.409. The molecule has 2 aromatic carbocycles. The van der Waals surface area contributed by atoms with Crippen molar-refractivity contribution in [2.45, 2.75) is 46.0 Å². The molecule has 0 fully saturated rings. The SMILES string of the molecule is CNc1ccc(C(c2ccc3c(c2)CCC3)C(C)(C)C(=O)O)c(C)c1N. The Morgan fingerprint density at radius 3 is 2.54 bits per heavy atom. The predicted octanol–water partition coefficient (Wildman–Crippen LogP) is 4.35. The van der Waals surface area contributed by atoms with Crippen LogP contribution in [0.15, 0.2) is 30.3 Å². The van der Waals surface area contributed by atoms with Crippen LogP contribution in [-0.2, 0) is 17.6 Å². The summed E-state index contributed by atoms with van der Waals surface area (Å²) in [7, 11) is 1.84. The number of nitrogens with two attached hydrogens (primary N) is 1. The maximum absolute atomic E-state index is 12.1. The van der Waals surface area contributed by atoms with E-state index in [0.29, 0.717) is 5.69 Å². The number of carbonyl (C=O) groups is 1. The lowest BCUT2D eigenvalue weighted by molar-refractivity contribution is -0.147. The van der Waals surface area contributed by atoms with Crippen LogP contribution in [0.2, 0.25) is 0 Å². The summed E-state index contributed by atoms with van der Waals surface area (Å²) < 4.78 is 0. The number of nitrogen functional groups attached to an aromatic ring is 1. The molecule has 0 amide bonds. The molecule has 0 aromatic heterocycles. The lowest BCUT2D eigenvalue weighted by Gasteiger charge is -2.33. The average Bonchev–Trinajstić information content (AvgIpc) is 3.06. The van der Waals surface area contributed by atoms with Crippen molar-refractivity contribution in [3.05, 3.63) is 58.1 Å². The second-order valence-corrected chi connectivity index (χ2v) is 7.83. The minimum atomic E-state index is -0.953. The molecule has 4 N–H and O–H groups in total. The van der Waals surface area contributed by atoms with Gasteiger partial charge in [-0.15, -0.1) is 0 Å². The van der Waals surface area contributed by atoms with Gasteiger partial charge in [-0.25, -0.2) is 0 Å². The first kappa shape index (κ1) is 18.3. The third kappa shape index (κ3) is 2.94. The largest absolute Gasteiger partial charge is 0.481 e. The van der Waals surface area contributed by atoms with Gasteiger partial charge in [0.1, 0.15) is 0 Å². The molecule has 3 rings (SSSR count). The van der Waals surface area contributed by atoms with Gasteiger partial charge in [-0.3, -0.25) is 4.79 Å².